The first kappa shape index (κ1) is 15.4. The maximum absolute atomic E-state index is 12.0. The van der Waals surface area contributed by atoms with Gasteiger partial charge in [-0.1, -0.05) is 19.1 Å². The minimum atomic E-state index is -1.00. The Bertz CT molecular complexity index is 465. The Labute approximate surface area is 117 Å². The number of carboxylic acids is 1. The fourth-order valence-corrected chi connectivity index (χ4v) is 2.26. The van der Waals surface area contributed by atoms with E-state index in [9.17, 15) is 9.59 Å². The maximum atomic E-state index is 12.0. The van der Waals surface area contributed by atoms with Gasteiger partial charge in [0.1, 0.15) is 6.04 Å². The van der Waals surface area contributed by atoms with Gasteiger partial charge in [0.25, 0.3) is 0 Å². The second kappa shape index (κ2) is 7.04. The highest BCUT2D eigenvalue weighted by Crippen LogP contribution is 2.24. The van der Waals surface area contributed by atoms with Crippen molar-refractivity contribution >= 4 is 29.4 Å². The molecule has 0 aromatic heterocycles. The molecule has 19 heavy (non-hydrogen) atoms. The molecule has 0 aliphatic rings. The Hall–Kier alpha value is -1.69. The van der Waals surface area contributed by atoms with Gasteiger partial charge in [0.2, 0.25) is 0 Å². The van der Waals surface area contributed by atoms with Crippen molar-refractivity contribution in [2.75, 3.05) is 18.6 Å². The van der Waals surface area contributed by atoms with Crippen molar-refractivity contribution in [3.05, 3.63) is 24.3 Å². The summed E-state index contributed by atoms with van der Waals surface area (Å²) in [4.78, 5) is 25.2. The molecule has 5 nitrogen and oxygen atoms in total. The molecule has 0 heterocycles. The molecule has 1 aromatic rings. The van der Waals surface area contributed by atoms with Crippen molar-refractivity contribution in [2.24, 2.45) is 0 Å². The van der Waals surface area contributed by atoms with Gasteiger partial charge in [-0.05, 0) is 24.8 Å². The zero-order valence-electron chi connectivity index (χ0n) is 11.2. The van der Waals surface area contributed by atoms with Gasteiger partial charge < -0.3 is 15.3 Å². The van der Waals surface area contributed by atoms with E-state index in [1.54, 1.807) is 13.0 Å². The van der Waals surface area contributed by atoms with Crippen molar-refractivity contribution in [2.45, 2.75) is 24.3 Å². The molecule has 1 atom stereocenters. The van der Waals surface area contributed by atoms with Crippen LogP contribution in [-0.2, 0) is 4.79 Å². The van der Waals surface area contributed by atoms with Gasteiger partial charge in [-0.15, -0.1) is 11.8 Å². The van der Waals surface area contributed by atoms with E-state index in [0.717, 1.165) is 4.90 Å². The van der Waals surface area contributed by atoms with Crippen molar-refractivity contribution in [1.82, 2.24) is 4.90 Å². The lowest BCUT2D eigenvalue weighted by molar-refractivity contribution is -0.141. The van der Waals surface area contributed by atoms with E-state index in [2.05, 4.69) is 5.32 Å². The average molecular weight is 282 g/mol. The molecule has 0 aliphatic heterocycles. The highest BCUT2D eigenvalue weighted by atomic mass is 32.2. The van der Waals surface area contributed by atoms with Gasteiger partial charge in [-0.25, -0.2) is 9.59 Å². The summed E-state index contributed by atoms with van der Waals surface area (Å²) in [7, 11) is 1.49. The summed E-state index contributed by atoms with van der Waals surface area (Å²) in [5.41, 5.74) is 0.687. The van der Waals surface area contributed by atoms with E-state index in [4.69, 9.17) is 5.11 Å². The van der Waals surface area contributed by atoms with Crippen LogP contribution >= 0.6 is 11.8 Å². The van der Waals surface area contributed by atoms with Crippen LogP contribution in [0.2, 0.25) is 0 Å². The van der Waals surface area contributed by atoms with Gasteiger partial charge >= 0.3 is 12.0 Å². The number of nitrogens with one attached hydrogen (secondary N) is 1. The first-order chi connectivity index (χ1) is 9.01. The Morgan fingerprint density at radius 1 is 1.42 bits per heavy atom. The van der Waals surface area contributed by atoms with E-state index in [-0.39, 0.29) is 0 Å². The van der Waals surface area contributed by atoms with Crippen molar-refractivity contribution in [1.29, 1.82) is 0 Å². The normalized spacial score (nSPS) is 11.7. The van der Waals surface area contributed by atoms with E-state index < -0.39 is 18.0 Å². The third kappa shape index (κ3) is 3.89. The number of benzene rings is 1. The predicted octanol–water partition coefficient (Wildman–Crippen LogP) is 2.74. The summed E-state index contributed by atoms with van der Waals surface area (Å²) in [6.07, 6.45) is 2.28. The molecular formula is C13H18N2O3S. The van der Waals surface area contributed by atoms with E-state index >= 15 is 0 Å². The third-order valence-corrected chi connectivity index (χ3v) is 3.60. The minimum absolute atomic E-state index is 0.365. The number of nitrogens with zero attached hydrogens (tertiary/aromatic N) is 1. The molecule has 104 valence electrons. The van der Waals surface area contributed by atoms with Crippen LogP contribution in [-0.4, -0.2) is 41.4 Å². The predicted molar refractivity (Wildman–Crippen MR) is 76.7 cm³/mol. The van der Waals surface area contributed by atoms with E-state index in [0.29, 0.717) is 12.1 Å². The summed E-state index contributed by atoms with van der Waals surface area (Å²) in [5.74, 6) is -1.00. The van der Waals surface area contributed by atoms with Gasteiger partial charge in [-0.2, -0.15) is 0 Å². The number of anilines is 1. The Morgan fingerprint density at radius 3 is 2.58 bits per heavy atom. The SMILES string of the molecule is CCC(C(=O)O)N(C)C(=O)Nc1ccccc1SC. The number of aliphatic carboxylic acids is 1. The number of carboxylic acid groups (broad SMARTS) is 1. The molecule has 0 bridgehead atoms. The van der Waals surface area contributed by atoms with Crippen LogP contribution in [0.4, 0.5) is 10.5 Å². The highest BCUT2D eigenvalue weighted by Gasteiger charge is 2.24. The largest absolute Gasteiger partial charge is 0.480 e. The lowest BCUT2D eigenvalue weighted by atomic mass is 10.2. The standard InChI is InChI=1S/C13H18N2O3S/c1-4-10(12(16)17)15(2)13(18)14-9-7-5-6-8-11(9)19-3/h5-8,10H,4H2,1-3H3,(H,14,18)(H,16,17). The van der Waals surface area contributed by atoms with Crippen molar-refractivity contribution < 1.29 is 14.7 Å². The fraction of sp³-hybridized carbons (Fsp3) is 0.385. The zero-order chi connectivity index (χ0) is 14.4. The van der Waals surface area contributed by atoms with Gasteiger partial charge in [-0.3, -0.25) is 0 Å². The van der Waals surface area contributed by atoms with Crippen LogP contribution in [0.5, 0.6) is 0 Å². The monoisotopic (exact) mass is 282 g/mol. The number of carbonyl (C=O) groups excluding carboxylic acids is 1. The number of para-hydroxylation sites is 1. The molecule has 6 heteroatoms. The molecule has 1 unspecified atom stereocenters. The van der Waals surface area contributed by atoms with Crippen LogP contribution in [0, 0.1) is 0 Å². The van der Waals surface area contributed by atoms with Crippen LogP contribution in [0.25, 0.3) is 0 Å². The average Bonchev–Trinajstić information content (AvgIpc) is 2.39. The molecule has 0 aliphatic carbocycles. The van der Waals surface area contributed by atoms with Crippen molar-refractivity contribution in [3.8, 4) is 0 Å². The lowest BCUT2D eigenvalue weighted by Gasteiger charge is -2.24. The zero-order valence-corrected chi connectivity index (χ0v) is 12.0. The molecular weight excluding hydrogens is 264 g/mol. The Kier molecular flexibility index (Phi) is 5.69. The van der Waals surface area contributed by atoms with Crippen LogP contribution in [0.1, 0.15) is 13.3 Å². The topological polar surface area (TPSA) is 69.6 Å². The number of likely N-dealkylation sites (N-methyl/N-ethyl adjacent to an activating group) is 1. The second-order valence-corrected chi connectivity index (χ2v) is 4.85. The molecule has 0 spiro atoms. The second-order valence-electron chi connectivity index (χ2n) is 4.00. The number of amides is 2. The molecule has 1 aromatic carbocycles. The summed E-state index contributed by atoms with van der Waals surface area (Å²) < 4.78 is 0. The summed E-state index contributed by atoms with van der Waals surface area (Å²) in [6.45, 7) is 1.73. The Morgan fingerprint density at radius 2 is 2.05 bits per heavy atom. The number of thioether (sulfide) groups is 1. The molecule has 0 radical (unpaired) electrons. The van der Waals surface area contributed by atoms with Crippen LogP contribution in [0.15, 0.2) is 29.2 Å². The molecule has 0 saturated heterocycles. The first-order valence-electron chi connectivity index (χ1n) is 5.90. The van der Waals surface area contributed by atoms with Crippen LogP contribution in [0.3, 0.4) is 0 Å². The number of rotatable bonds is 5. The molecule has 2 amide bonds. The summed E-state index contributed by atoms with van der Waals surface area (Å²) in [6, 6.07) is 6.16. The first-order valence-corrected chi connectivity index (χ1v) is 7.13. The number of carbonyl (C=O) groups is 2. The fourth-order valence-electron chi connectivity index (χ4n) is 1.71. The molecule has 0 fully saturated rings. The van der Waals surface area contributed by atoms with Crippen LogP contribution < -0.4 is 5.32 Å². The van der Waals surface area contributed by atoms with Crippen molar-refractivity contribution in [3.63, 3.8) is 0 Å². The minimum Gasteiger partial charge on any atom is -0.480 e. The van der Waals surface area contributed by atoms with E-state index in [1.165, 1.54) is 23.7 Å². The Balaban J connectivity index is 2.81. The van der Waals surface area contributed by atoms with Gasteiger partial charge in [0.05, 0.1) is 5.69 Å². The van der Waals surface area contributed by atoms with Gasteiger partial charge in [0.15, 0.2) is 0 Å². The number of hydrogen-bond acceptors (Lipinski definition) is 3. The quantitative estimate of drug-likeness (QED) is 0.815. The molecule has 2 N–H and O–H groups in total. The molecule has 0 saturated carbocycles. The number of hydrogen-bond donors (Lipinski definition) is 2. The summed E-state index contributed by atoms with van der Waals surface area (Å²) >= 11 is 1.52. The van der Waals surface area contributed by atoms with Gasteiger partial charge in [0, 0.05) is 11.9 Å². The smallest absolute Gasteiger partial charge is 0.326 e. The highest BCUT2D eigenvalue weighted by molar-refractivity contribution is 7.98. The maximum Gasteiger partial charge on any atom is 0.326 e. The summed E-state index contributed by atoms with van der Waals surface area (Å²) in [5, 5.41) is 11.8. The number of urea groups is 1. The molecule has 1 rings (SSSR count). The van der Waals surface area contributed by atoms with E-state index in [1.807, 2.05) is 24.5 Å². The third-order valence-electron chi connectivity index (χ3n) is 2.81. The lowest BCUT2D eigenvalue weighted by Crippen LogP contribution is -2.44.